The predicted octanol–water partition coefficient (Wildman–Crippen LogP) is 3.58. The number of aryl methyl sites for hydroxylation is 1. The van der Waals surface area contributed by atoms with Crippen molar-refractivity contribution in [1.82, 2.24) is 9.55 Å². The second kappa shape index (κ2) is 4.84. The molecule has 0 amide bonds. The minimum absolute atomic E-state index is 0.380. The van der Waals surface area contributed by atoms with Gasteiger partial charge < -0.3 is 10.3 Å². The first kappa shape index (κ1) is 12.7. The lowest BCUT2D eigenvalue weighted by Gasteiger charge is -2.08. The molecule has 0 saturated carbocycles. The molecule has 0 aliphatic heterocycles. The summed E-state index contributed by atoms with van der Waals surface area (Å²) in [5, 5.41) is 0. The van der Waals surface area contributed by atoms with Gasteiger partial charge in [-0.05, 0) is 19.4 Å². The molecule has 0 fully saturated rings. The summed E-state index contributed by atoms with van der Waals surface area (Å²) in [6.45, 7) is 9.35. The van der Waals surface area contributed by atoms with Gasteiger partial charge in [0.1, 0.15) is 17.3 Å². The molecule has 1 aromatic carbocycles. The summed E-state index contributed by atoms with van der Waals surface area (Å²) in [6, 6.07) is 8.24. The number of anilines is 1. The Morgan fingerprint density at radius 3 is 2.44 bits per heavy atom. The van der Waals surface area contributed by atoms with Crippen LogP contribution in [-0.2, 0) is 6.54 Å². The van der Waals surface area contributed by atoms with Crippen LogP contribution in [0.25, 0.3) is 11.3 Å². The number of nitrogens with two attached hydrogens (primary N) is 1. The van der Waals surface area contributed by atoms with E-state index in [-0.39, 0.29) is 0 Å². The molecule has 0 aliphatic rings. The lowest BCUT2D eigenvalue weighted by atomic mass is 10.1. The monoisotopic (exact) mass is 243 g/mol. The minimum atomic E-state index is 0.380. The number of hydrogen-bond acceptors (Lipinski definition) is 2. The van der Waals surface area contributed by atoms with Crippen molar-refractivity contribution >= 4 is 5.82 Å². The second-order valence-corrected chi connectivity index (χ2v) is 4.92. The highest BCUT2D eigenvalue weighted by atomic mass is 15.1. The van der Waals surface area contributed by atoms with Gasteiger partial charge in [0.2, 0.25) is 0 Å². The fourth-order valence-corrected chi connectivity index (χ4v) is 2.29. The van der Waals surface area contributed by atoms with Gasteiger partial charge >= 0.3 is 0 Å². The van der Waals surface area contributed by atoms with Gasteiger partial charge in [-0.15, -0.1) is 0 Å². The van der Waals surface area contributed by atoms with Crippen LogP contribution in [0, 0.1) is 6.92 Å². The van der Waals surface area contributed by atoms with Gasteiger partial charge in [0.25, 0.3) is 0 Å². The molecule has 0 radical (unpaired) electrons. The van der Waals surface area contributed by atoms with E-state index in [2.05, 4.69) is 44.4 Å². The number of hydrogen-bond donors (Lipinski definition) is 1. The van der Waals surface area contributed by atoms with Crippen molar-refractivity contribution in [2.24, 2.45) is 0 Å². The van der Waals surface area contributed by atoms with Crippen LogP contribution in [0.3, 0.4) is 0 Å². The Labute approximate surface area is 109 Å². The Kier molecular flexibility index (Phi) is 3.41. The first-order valence-corrected chi connectivity index (χ1v) is 6.48. The van der Waals surface area contributed by atoms with E-state index in [1.54, 1.807) is 0 Å². The zero-order valence-corrected chi connectivity index (χ0v) is 11.6. The number of benzene rings is 1. The first-order chi connectivity index (χ1) is 8.56. The Bertz CT molecular complexity index is 553. The van der Waals surface area contributed by atoms with Crippen LogP contribution in [0.15, 0.2) is 24.3 Å². The van der Waals surface area contributed by atoms with Gasteiger partial charge in [0, 0.05) is 18.0 Å². The zero-order chi connectivity index (χ0) is 13.3. The Balaban J connectivity index is 2.63. The van der Waals surface area contributed by atoms with Gasteiger partial charge in [-0.1, -0.05) is 38.1 Å². The highest BCUT2D eigenvalue weighted by molar-refractivity contribution is 5.73. The maximum atomic E-state index is 6.25. The van der Waals surface area contributed by atoms with E-state index in [0.29, 0.717) is 5.92 Å². The van der Waals surface area contributed by atoms with E-state index < -0.39 is 0 Å². The smallest absolute Gasteiger partial charge is 0.131 e. The molecule has 0 bridgehead atoms. The van der Waals surface area contributed by atoms with Crippen molar-refractivity contribution in [3.63, 3.8) is 0 Å². The van der Waals surface area contributed by atoms with Gasteiger partial charge in [0.05, 0.1) is 0 Å². The first-order valence-electron chi connectivity index (χ1n) is 6.48. The van der Waals surface area contributed by atoms with Crippen LogP contribution in [0.4, 0.5) is 5.82 Å². The number of aromatic nitrogens is 2. The van der Waals surface area contributed by atoms with Gasteiger partial charge in [-0.3, -0.25) is 0 Å². The van der Waals surface area contributed by atoms with Gasteiger partial charge in [0.15, 0.2) is 0 Å². The quantitative estimate of drug-likeness (QED) is 0.895. The third-order valence-electron chi connectivity index (χ3n) is 3.27. The number of nitrogens with zero attached hydrogens (tertiary/aromatic N) is 2. The van der Waals surface area contributed by atoms with E-state index in [1.807, 2.05) is 12.1 Å². The summed E-state index contributed by atoms with van der Waals surface area (Å²) in [5.41, 5.74) is 9.51. The fraction of sp³-hybridized carbons (Fsp3) is 0.400. The molecule has 0 unspecified atom stereocenters. The Morgan fingerprint density at radius 2 is 1.94 bits per heavy atom. The summed E-state index contributed by atoms with van der Waals surface area (Å²) >= 11 is 0. The molecule has 0 saturated heterocycles. The molecule has 2 rings (SSSR count). The van der Waals surface area contributed by atoms with E-state index in [4.69, 9.17) is 10.7 Å². The normalized spacial score (nSPS) is 11.2. The number of imidazole rings is 1. The van der Waals surface area contributed by atoms with Crippen LogP contribution >= 0.6 is 0 Å². The number of nitrogen functional groups attached to an aromatic ring is 1. The summed E-state index contributed by atoms with van der Waals surface area (Å²) in [7, 11) is 0. The van der Waals surface area contributed by atoms with Crippen molar-refractivity contribution in [1.29, 1.82) is 0 Å². The average molecular weight is 243 g/mol. The average Bonchev–Trinajstić information content (AvgIpc) is 2.67. The molecule has 1 aromatic heterocycles. The van der Waals surface area contributed by atoms with E-state index >= 15 is 0 Å². The molecule has 2 aromatic rings. The lowest BCUT2D eigenvalue weighted by molar-refractivity contribution is 0.658. The highest BCUT2D eigenvalue weighted by Gasteiger charge is 2.17. The molecular weight excluding hydrogens is 222 g/mol. The zero-order valence-electron chi connectivity index (χ0n) is 11.6. The molecule has 0 atom stereocenters. The molecule has 18 heavy (non-hydrogen) atoms. The topological polar surface area (TPSA) is 43.8 Å². The van der Waals surface area contributed by atoms with Crippen LogP contribution in [-0.4, -0.2) is 9.55 Å². The van der Waals surface area contributed by atoms with Crippen LogP contribution in [0.2, 0.25) is 0 Å². The van der Waals surface area contributed by atoms with Crippen molar-refractivity contribution < 1.29 is 0 Å². The van der Waals surface area contributed by atoms with Crippen molar-refractivity contribution in [3.8, 4) is 11.3 Å². The van der Waals surface area contributed by atoms with E-state index in [1.165, 1.54) is 5.56 Å². The third-order valence-corrected chi connectivity index (χ3v) is 3.27. The summed E-state index contributed by atoms with van der Waals surface area (Å²) in [5.74, 6) is 2.22. The van der Waals surface area contributed by atoms with E-state index in [0.717, 1.165) is 29.4 Å². The molecule has 0 spiro atoms. The molecular formula is C15H21N3. The predicted molar refractivity (Wildman–Crippen MR) is 76.6 cm³/mol. The molecule has 96 valence electrons. The fourth-order valence-electron chi connectivity index (χ4n) is 2.29. The standard InChI is InChI=1S/C15H21N3/c1-5-18-14(16)13(17-15(18)10(2)3)12-9-7-6-8-11(12)4/h6-10H,5,16H2,1-4H3. The molecule has 2 N–H and O–H groups in total. The Morgan fingerprint density at radius 1 is 1.28 bits per heavy atom. The minimum Gasteiger partial charge on any atom is -0.383 e. The maximum Gasteiger partial charge on any atom is 0.131 e. The van der Waals surface area contributed by atoms with Gasteiger partial charge in [-0.25, -0.2) is 4.98 Å². The van der Waals surface area contributed by atoms with Gasteiger partial charge in [-0.2, -0.15) is 0 Å². The van der Waals surface area contributed by atoms with Crippen molar-refractivity contribution in [2.75, 3.05) is 5.73 Å². The SMILES string of the molecule is CCn1c(C(C)C)nc(-c2ccccc2C)c1N. The molecule has 3 heteroatoms. The largest absolute Gasteiger partial charge is 0.383 e. The Hall–Kier alpha value is -1.77. The summed E-state index contributed by atoms with van der Waals surface area (Å²) < 4.78 is 2.10. The van der Waals surface area contributed by atoms with E-state index in [9.17, 15) is 0 Å². The summed E-state index contributed by atoms with van der Waals surface area (Å²) in [6.07, 6.45) is 0. The lowest BCUT2D eigenvalue weighted by Crippen LogP contribution is -2.06. The van der Waals surface area contributed by atoms with Crippen molar-refractivity contribution in [3.05, 3.63) is 35.7 Å². The maximum absolute atomic E-state index is 6.25. The van der Waals surface area contributed by atoms with Crippen LogP contribution in [0.5, 0.6) is 0 Å². The highest BCUT2D eigenvalue weighted by Crippen LogP contribution is 2.31. The van der Waals surface area contributed by atoms with Crippen molar-refractivity contribution in [2.45, 2.75) is 40.2 Å². The number of rotatable bonds is 3. The second-order valence-electron chi connectivity index (χ2n) is 4.92. The third kappa shape index (κ3) is 2.01. The summed E-state index contributed by atoms with van der Waals surface area (Å²) in [4.78, 5) is 4.75. The molecule has 1 heterocycles. The molecule has 0 aliphatic carbocycles. The van der Waals surface area contributed by atoms with Crippen LogP contribution < -0.4 is 5.73 Å². The van der Waals surface area contributed by atoms with Crippen LogP contribution in [0.1, 0.15) is 38.1 Å². The molecule has 3 nitrogen and oxygen atoms in total.